The van der Waals surface area contributed by atoms with E-state index in [0.717, 1.165) is 95.5 Å². The van der Waals surface area contributed by atoms with Crippen molar-refractivity contribution in [3.8, 4) is 0 Å². The lowest BCUT2D eigenvalue weighted by molar-refractivity contribution is -0.284. The van der Waals surface area contributed by atoms with Crippen LogP contribution in [0.15, 0.2) is 42.7 Å². The fourth-order valence-electron chi connectivity index (χ4n) is 11.0. The lowest BCUT2D eigenvalue weighted by Crippen LogP contribution is -2.47. The van der Waals surface area contributed by atoms with Crippen molar-refractivity contribution < 1.29 is 41.2 Å². The van der Waals surface area contributed by atoms with Crippen LogP contribution in [0.3, 0.4) is 0 Å². The van der Waals surface area contributed by atoms with Crippen molar-refractivity contribution in [1.82, 2.24) is 9.88 Å². The fraction of sp³-hybridized carbons (Fsp3) is 0.721. The number of nitrogens with zero attached hydrogens (tertiary/aromatic N) is 2. The second-order valence-corrected chi connectivity index (χ2v) is 19.0. The summed E-state index contributed by atoms with van der Waals surface area (Å²) in [7, 11) is -1.39. The van der Waals surface area contributed by atoms with E-state index in [1.807, 2.05) is 24.5 Å². The molecule has 3 fully saturated rings. The number of aromatic nitrogens is 1. The summed E-state index contributed by atoms with van der Waals surface area (Å²) in [6.07, 6.45) is 9.74. The second-order valence-electron chi connectivity index (χ2n) is 17.3. The molecule has 2 saturated carbocycles. The third kappa shape index (κ3) is 9.58. The molecule has 306 valence electrons. The molecular formula is C43H59F5N2O4S. The van der Waals surface area contributed by atoms with Gasteiger partial charge in [-0.15, -0.1) is 0 Å². The summed E-state index contributed by atoms with van der Waals surface area (Å²) in [6.45, 7) is 2.81. The maximum atomic E-state index is 13.1. The predicted molar refractivity (Wildman–Crippen MR) is 205 cm³/mol. The number of fused-ring (bicyclic) bond motifs is 5. The number of piperidine rings is 1. The molecule has 1 aromatic heterocycles. The third-order valence-corrected chi connectivity index (χ3v) is 15.5. The average molecular weight is 795 g/mol. The molecule has 3 aliphatic carbocycles. The van der Waals surface area contributed by atoms with Crippen LogP contribution in [0.25, 0.3) is 0 Å². The molecule has 12 heteroatoms. The van der Waals surface area contributed by atoms with E-state index >= 15 is 0 Å². The number of likely N-dealkylation sites (tertiary alicyclic amines) is 1. The zero-order valence-corrected chi connectivity index (χ0v) is 32.9. The van der Waals surface area contributed by atoms with Crippen molar-refractivity contribution in [1.29, 1.82) is 0 Å². The Bertz CT molecular complexity index is 1610. The van der Waals surface area contributed by atoms with Crippen molar-refractivity contribution in [3.05, 3.63) is 65.0 Å². The number of aliphatic hydroxyl groups excluding tert-OH is 1. The van der Waals surface area contributed by atoms with Crippen LogP contribution in [0.4, 0.5) is 26.7 Å². The van der Waals surface area contributed by atoms with E-state index in [4.69, 9.17) is 0 Å². The number of alkyl halides is 5. The van der Waals surface area contributed by atoms with Gasteiger partial charge in [0.25, 0.3) is 0 Å². The van der Waals surface area contributed by atoms with Gasteiger partial charge in [0.05, 0.1) is 12.1 Å². The minimum absolute atomic E-state index is 0.0409. The van der Waals surface area contributed by atoms with E-state index < -0.39 is 41.8 Å². The maximum absolute atomic E-state index is 13.1. The Morgan fingerprint density at radius 3 is 2.31 bits per heavy atom. The summed E-state index contributed by atoms with van der Waals surface area (Å²) < 4.78 is 75.4. The molecule has 6 nitrogen and oxygen atoms in total. The molecule has 55 heavy (non-hydrogen) atoms. The molecule has 2 N–H and O–H groups in total. The van der Waals surface area contributed by atoms with Crippen LogP contribution in [0, 0.1) is 23.2 Å². The summed E-state index contributed by atoms with van der Waals surface area (Å²) in [5.74, 6) is -2.29. The highest BCUT2D eigenvalue weighted by molar-refractivity contribution is 7.84. The van der Waals surface area contributed by atoms with Crippen LogP contribution in [-0.4, -0.2) is 66.7 Å². The van der Waals surface area contributed by atoms with Gasteiger partial charge in [0.15, 0.2) is 0 Å². The minimum Gasteiger partial charge on any atom is -0.465 e. The van der Waals surface area contributed by atoms with E-state index in [1.165, 1.54) is 16.7 Å². The van der Waals surface area contributed by atoms with E-state index in [-0.39, 0.29) is 29.2 Å². The van der Waals surface area contributed by atoms with Crippen LogP contribution >= 0.6 is 0 Å². The summed E-state index contributed by atoms with van der Waals surface area (Å²) in [5.41, 5.74) is 5.05. The zero-order chi connectivity index (χ0) is 39.4. The smallest absolute Gasteiger partial charge is 0.453 e. The summed E-state index contributed by atoms with van der Waals surface area (Å²) >= 11 is 0. The van der Waals surface area contributed by atoms with E-state index in [1.54, 1.807) is 4.90 Å². The zero-order valence-electron chi connectivity index (χ0n) is 32.1. The number of benzene rings is 1. The Balaban J connectivity index is 1.04. The molecule has 0 bridgehead atoms. The summed E-state index contributed by atoms with van der Waals surface area (Å²) in [5, 5.41) is 21.4. The lowest BCUT2D eigenvalue weighted by atomic mass is 9.52. The Hall–Kier alpha value is -2.60. The molecule has 0 radical (unpaired) electrons. The molecule has 9 atom stereocenters. The second kappa shape index (κ2) is 17.9. The van der Waals surface area contributed by atoms with Crippen LogP contribution in [0.2, 0.25) is 0 Å². The Kier molecular flexibility index (Phi) is 13.7. The van der Waals surface area contributed by atoms with Gasteiger partial charge in [0.2, 0.25) is 0 Å². The molecule has 1 aromatic carbocycles. The standard InChI is InChI=1S/C43H59F5N2O4S/c1-41-20-15-35-34-12-11-31(37-28-30(18-23-50(37)40(52)53)29-16-21-49-22-17-29)26-33(34)27-32(39(35)36(41)13-14-38(41)51)10-7-5-3-2-4-6-8-24-55(54)25-9-19-42(44,45)43(46,47)48/h11-12,16-17,21-22,26,30,32,35-39,51H,2-10,13-15,18-20,23-25,27-28H2,1H3,(H,52,53)/t30?,32-,35-,36+,37?,38+,39-,41+,55?/m1/s1. The number of rotatable bonds is 16. The third-order valence-electron chi connectivity index (χ3n) is 14.0. The van der Waals surface area contributed by atoms with Crippen LogP contribution in [-0.2, 0) is 17.2 Å². The normalized spacial score (nSPS) is 30.0. The van der Waals surface area contributed by atoms with Gasteiger partial charge in [-0.2, -0.15) is 22.0 Å². The van der Waals surface area contributed by atoms with E-state index in [2.05, 4.69) is 30.1 Å². The number of carboxylic acid groups (broad SMARTS) is 1. The number of aliphatic hydroxyl groups is 1. The fourth-order valence-corrected chi connectivity index (χ4v) is 12.2. The number of hydrogen-bond donors (Lipinski definition) is 2. The largest absolute Gasteiger partial charge is 0.465 e. The number of hydrogen-bond acceptors (Lipinski definition) is 4. The monoisotopic (exact) mass is 794 g/mol. The van der Waals surface area contributed by atoms with Crippen LogP contribution in [0.5, 0.6) is 0 Å². The molecule has 1 saturated heterocycles. The summed E-state index contributed by atoms with van der Waals surface area (Å²) in [4.78, 5) is 18.3. The number of amides is 1. The van der Waals surface area contributed by atoms with Crippen LogP contribution in [0.1, 0.15) is 150 Å². The van der Waals surface area contributed by atoms with Crippen molar-refractivity contribution in [2.45, 2.75) is 152 Å². The lowest BCUT2D eigenvalue weighted by Gasteiger charge is -2.53. The minimum atomic E-state index is -5.56. The average Bonchev–Trinajstić information content (AvgIpc) is 3.46. The van der Waals surface area contributed by atoms with Crippen molar-refractivity contribution >= 4 is 16.9 Å². The SMILES string of the molecule is C[C@]12CC[C@@H]3c4ccc(C5CC(c6ccncc6)CCN5C(=O)O)cc4C[C@@H](CCCCCCCCCS(=O)CCCC(F)(F)C(F)(F)F)[C@H]3[C@@H]1CC[C@@H]2O. The predicted octanol–water partition coefficient (Wildman–Crippen LogP) is 11.0. The van der Waals surface area contributed by atoms with Gasteiger partial charge in [-0.25, -0.2) is 4.79 Å². The van der Waals surface area contributed by atoms with Gasteiger partial charge in [-0.05, 0) is 134 Å². The Morgan fingerprint density at radius 2 is 1.60 bits per heavy atom. The highest BCUT2D eigenvalue weighted by Crippen LogP contribution is 2.63. The number of carbonyl (C=O) groups is 1. The maximum Gasteiger partial charge on any atom is 0.453 e. The Morgan fingerprint density at radius 1 is 0.909 bits per heavy atom. The van der Waals surface area contributed by atoms with Gasteiger partial charge in [0.1, 0.15) is 0 Å². The first-order valence-corrected chi connectivity index (χ1v) is 22.2. The number of pyridine rings is 1. The molecule has 0 spiro atoms. The molecule has 1 aliphatic heterocycles. The topological polar surface area (TPSA) is 90.7 Å². The highest BCUT2D eigenvalue weighted by atomic mass is 32.2. The molecule has 4 aliphatic rings. The molecule has 2 heterocycles. The number of halogens is 5. The molecule has 6 rings (SSSR count). The van der Waals surface area contributed by atoms with Crippen molar-refractivity contribution in [3.63, 3.8) is 0 Å². The number of unbranched alkanes of at least 4 members (excludes halogenated alkanes) is 6. The van der Waals surface area contributed by atoms with Gasteiger partial charge in [0, 0.05) is 47.7 Å². The molecular weight excluding hydrogens is 736 g/mol. The Labute approximate surface area is 325 Å². The van der Waals surface area contributed by atoms with Gasteiger partial charge in [-0.3, -0.25) is 9.19 Å². The van der Waals surface area contributed by atoms with E-state index in [9.17, 15) is 41.2 Å². The first-order chi connectivity index (χ1) is 26.2. The molecule has 3 unspecified atom stereocenters. The van der Waals surface area contributed by atoms with Gasteiger partial charge in [-0.1, -0.05) is 63.6 Å². The summed E-state index contributed by atoms with van der Waals surface area (Å²) in [6, 6.07) is 10.7. The highest BCUT2D eigenvalue weighted by Gasteiger charge is 2.57. The first-order valence-electron chi connectivity index (χ1n) is 20.7. The quantitative estimate of drug-likeness (QED) is 0.130. The first kappa shape index (κ1) is 42.0. The van der Waals surface area contributed by atoms with E-state index in [0.29, 0.717) is 42.4 Å². The van der Waals surface area contributed by atoms with Gasteiger partial charge >= 0.3 is 18.2 Å². The van der Waals surface area contributed by atoms with Crippen molar-refractivity contribution in [2.75, 3.05) is 18.1 Å². The molecule has 2 aromatic rings. The van der Waals surface area contributed by atoms with Gasteiger partial charge < -0.3 is 15.1 Å². The molecule has 1 amide bonds. The van der Waals surface area contributed by atoms with Crippen LogP contribution < -0.4 is 0 Å². The van der Waals surface area contributed by atoms with Crippen molar-refractivity contribution in [2.24, 2.45) is 23.2 Å².